The van der Waals surface area contributed by atoms with Crippen LogP contribution in [0.3, 0.4) is 0 Å². The Balaban J connectivity index is 0.000000515. The van der Waals surface area contributed by atoms with Crippen LogP contribution in [0.4, 0.5) is 24.9 Å². The van der Waals surface area contributed by atoms with E-state index in [1.165, 1.54) is 12.8 Å². The Bertz CT molecular complexity index is 1530. The highest BCUT2D eigenvalue weighted by molar-refractivity contribution is 5.92. The summed E-state index contributed by atoms with van der Waals surface area (Å²) in [5, 5.41) is 23.0. The average Bonchev–Trinajstić information content (AvgIpc) is 3.64. The molecule has 3 aromatic rings. The van der Waals surface area contributed by atoms with Gasteiger partial charge in [-0.05, 0) is 38.4 Å². The second-order valence-electron chi connectivity index (χ2n) is 11.3. The lowest BCUT2D eigenvalue weighted by Gasteiger charge is -2.39. The first-order valence-corrected chi connectivity index (χ1v) is 14.7. The number of anilines is 2. The number of aliphatic carboxylic acids is 1. The number of carboxylic acid groups (broad SMARTS) is 1. The maximum atomic E-state index is 12.2. The van der Waals surface area contributed by atoms with E-state index in [9.17, 15) is 18.0 Å². The number of carbonyl (C=O) groups is 2. The normalized spacial score (nSPS) is 20.6. The highest BCUT2D eigenvalue weighted by atomic mass is 19.4. The van der Waals surface area contributed by atoms with E-state index >= 15 is 0 Å². The molecule has 2 aliphatic heterocycles. The van der Waals surface area contributed by atoms with Crippen LogP contribution in [-0.4, -0.2) is 124 Å². The molecule has 2 atom stereocenters. The number of piperazine rings is 1. The third-order valence-corrected chi connectivity index (χ3v) is 8.32. The summed E-state index contributed by atoms with van der Waals surface area (Å²) in [7, 11) is 5.85. The van der Waals surface area contributed by atoms with E-state index in [-0.39, 0.29) is 5.91 Å². The number of likely N-dealkylation sites (N-methyl/N-ethyl adjacent to an activating group) is 1. The fourth-order valence-corrected chi connectivity index (χ4v) is 5.94. The molecule has 3 aliphatic rings. The van der Waals surface area contributed by atoms with Crippen LogP contribution in [0.1, 0.15) is 35.7 Å². The molecule has 17 heteroatoms. The lowest BCUT2D eigenvalue weighted by Crippen LogP contribution is -2.52. The number of halogens is 3. The van der Waals surface area contributed by atoms with E-state index < -0.39 is 12.1 Å². The molecule has 1 saturated heterocycles. The Morgan fingerprint density at radius 3 is 2.58 bits per heavy atom. The van der Waals surface area contributed by atoms with Gasteiger partial charge in [-0.25, -0.2) is 9.78 Å². The van der Waals surface area contributed by atoms with Gasteiger partial charge < -0.3 is 34.8 Å². The summed E-state index contributed by atoms with van der Waals surface area (Å²) in [6.45, 7) is 6.11. The van der Waals surface area contributed by atoms with Crippen molar-refractivity contribution in [3.8, 4) is 5.75 Å². The van der Waals surface area contributed by atoms with Gasteiger partial charge in [0.1, 0.15) is 11.6 Å². The van der Waals surface area contributed by atoms with Crippen LogP contribution in [0.2, 0.25) is 0 Å². The molecule has 4 heterocycles. The van der Waals surface area contributed by atoms with Crippen LogP contribution >= 0.6 is 0 Å². The molecule has 2 aromatic heterocycles. The first-order valence-electron chi connectivity index (χ1n) is 14.7. The summed E-state index contributed by atoms with van der Waals surface area (Å²) in [6.07, 6.45) is -1.58. The fourth-order valence-electron chi connectivity index (χ4n) is 5.94. The zero-order valence-electron chi connectivity index (χ0n) is 25.3. The largest absolute Gasteiger partial charge is 0.497 e. The third-order valence-electron chi connectivity index (χ3n) is 8.32. The van der Waals surface area contributed by atoms with Gasteiger partial charge in [-0.2, -0.15) is 18.2 Å². The maximum absolute atomic E-state index is 12.2. The standard InChI is InChI=1S/C26H36N10O2.C2HF3O2/c1-33-11-13-35(14-12-33)21-6-4-5-19(21)28-26-29-20-15-17(38-3)7-8-18(20)23(30-26)34(2)16-22-31-32-24-25(37)27-9-10-36(22)24;3-2(4,5)1(6)7/h7-8,15,19,21H,4-6,9-14,16H2,1-3H3,(H,27,37)(H,28,29,30);(H,6,7)/t19-,21-;/m1./s1. The van der Waals surface area contributed by atoms with Gasteiger partial charge in [-0.1, -0.05) is 0 Å². The van der Waals surface area contributed by atoms with Crippen molar-refractivity contribution in [1.29, 1.82) is 0 Å². The quantitative estimate of drug-likeness (QED) is 0.348. The Labute approximate surface area is 257 Å². The number of hydrogen-bond acceptors (Lipinski definition) is 11. The average molecular weight is 635 g/mol. The number of fused-ring (bicyclic) bond motifs is 2. The number of benzene rings is 1. The summed E-state index contributed by atoms with van der Waals surface area (Å²) in [5.74, 6) is 0.328. The summed E-state index contributed by atoms with van der Waals surface area (Å²) < 4.78 is 39.1. The van der Waals surface area contributed by atoms with Crippen molar-refractivity contribution in [3.05, 3.63) is 29.8 Å². The lowest BCUT2D eigenvalue weighted by molar-refractivity contribution is -0.192. The number of hydrogen-bond donors (Lipinski definition) is 3. The Kier molecular flexibility index (Phi) is 9.57. The lowest BCUT2D eigenvalue weighted by atomic mass is 10.1. The van der Waals surface area contributed by atoms with Gasteiger partial charge in [-0.15, -0.1) is 10.2 Å². The van der Waals surface area contributed by atoms with Crippen molar-refractivity contribution in [2.24, 2.45) is 0 Å². The molecular formula is C28H37F3N10O4. The van der Waals surface area contributed by atoms with E-state index in [0.29, 0.717) is 43.5 Å². The molecule has 0 unspecified atom stereocenters. The Hall–Kier alpha value is -4.25. The SMILES string of the molecule is COc1ccc2c(N(C)Cc3nnc4n3CCNC4=O)nc(N[C@@H]3CCC[C@H]3N3CCN(C)CC3)nc2c1.O=C(O)C(F)(F)F. The number of nitrogens with one attached hydrogen (secondary N) is 2. The van der Waals surface area contributed by atoms with Crippen LogP contribution in [0.5, 0.6) is 5.75 Å². The van der Waals surface area contributed by atoms with Crippen molar-refractivity contribution >= 4 is 34.5 Å². The Morgan fingerprint density at radius 1 is 1.16 bits per heavy atom. The number of amides is 1. The predicted molar refractivity (Wildman–Crippen MR) is 158 cm³/mol. The van der Waals surface area contributed by atoms with Crippen LogP contribution in [0.15, 0.2) is 18.2 Å². The van der Waals surface area contributed by atoms with Crippen LogP contribution in [0.25, 0.3) is 10.9 Å². The van der Waals surface area contributed by atoms with E-state index in [1.54, 1.807) is 7.11 Å². The third kappa shape index (κ3) is 7.36. The van der Waals surface area contributed by atoms with Gasteiger partial charge in [0.05, 0.1) is 19.2 Å². The molecule has 3 N–H and O–H groups in total. The van der Waals surface area contributed by atoms with Crippen LogP contribution in [-0.2, 0) is 17.9 Å². The number of rotatable bonds is 7. The van der Waals surface area contributed by atoms with Crippen LogP contribution < -0.4 is 20.3 Å². The molecular weight excluding hydrogens is 597 g/mol. The van der Waals surface area contributed by atoms with Gasteiger partial charge in [0.25, 0.3) is 5.91 Å². The van der Waals surface area contributed by atoms with Gasteiger partial charge in [-0.3, -0.25) is 9.69 Å². The van der Waals surface area contributed by atoms with Crippen molar-refractivity contribution in [3.63, 3.8) is 0 Å². The molecule has 1 amide bonds. The summed E-state index contributed by atoms with van der Waals surface area (Å²) in [6, 6.07) is 6.68. The second kappa shape index (κ2) is 13.4. The number of carboxylic acids is 1. The van der Waals surface area contributed by atoms with Gasteiger partial charge >= 0.3 is 12.1 Å². The number of aromatic nitrogens is 5. The van der Waals surface area contributed by atoms with Gasteiger partial charge in [0, 0.05) is 69.9 Å². The van der Waals surface area contributed by atoms with E-state index in [1.807, 2.05) is 29.8 Å². The fraction of sp³-hybridized carbons (Fsp3) is 0.571. The van der Waals surface area contributed by atoms with Gasteiger partial charge in [0.15, 0.2) is 5.82 Å². The first kappa shape index (κ1) is 32.2. The second-order valence-corrected chi connectivity index (χ2v) is 11.3. The van der Waals surface area contributed by atoms with Crippen LogP contribution in [0, 0.1) is 0 Å². The number of ether oxygens (including phenoxy) is 1. The summed E-state index contributed by atoms with van der Waals surface area (Å²) in [5.41, 5.74) is 0.820. The number of nitrogens with zero attached hydrogens (tertiary/aromatic N) is 8. The van der Waals surface area contributed by atoms with E-state index in [0.717, 1.165) is 60.9 Å². The molecule has 6 rings (SSSR count). The molecule has 14 nitrogen and oxygen atoms in total. The molecule has 0 spiro atoms. The molecule has 244 valence electrons. The maximum Gasteiger partial charge on any atom is 0.490 e. The minimum absolute atomic E-state index is 0.185. The van der Waals surface area contributed by atoms with E-state index in [4.69, 9.17) is 24.6 Å². The molecule has 1 aliphatic carbocycles. The summed E-state index contributed by atoms with van der Waals surface area (Å²) in [4.78, 5) is 38.1. The molecule has 1 aromatic carbocycles. The van der Waals surface area contributed by atoms with E-state index in [2.05, 4.69) is 42.6 Å². The highest BCUT2D eigenvalue weighted by Gasteiger charge is 2.38. The highest BCUT2D eigenvalue weighted by Crippen LogP contribution is 2.31. The topological polar surface area (TPSA) is 154 Å². The summed E-state index contributed by atoms with van der Waals surface area (Å²) >= 11 is 0. The Morgan fingerprint density at radius 2 is 1.89 bits per heavy atom. The van der Waals surface area contributed by atoms with Gasteiger partial charge in [0.2, 0.25) is 11.8 Å². The van der Waals surface area contributed by atoms with Crippen molar-refractivity contribution < 1.29 is 32.6 Å². The van der Waals surface area contributed by atoms with Crippen molar-refractivity contribution in [2.45, 2.75) is 50.6 Å². The molecule has 1 saturated carbocycles. The molecule has 45 heavy (non-hydrogen) atoms. The van der Waals surface area contributed by atoms with Crippen molar-refractivity contribution in [2.75, 3.05) is 64.1 Å². The van der Waals surface area contributed by atoms with Crippen molar-refractivity contribution in [1.82, 2.24) is 39.8 Å². The minimum atomic E-state index is -5.08. The minimum Gasteiger partial charge on any atom is -0.497 e. The molecule has 0 radical (unpaired) electrons. The zero-order valence-corrected chi connectivity index (χ0v) is 25.3. The zero-order chi connectivity index (χ0) is 32.3. The molecule has 0 bridgehead atoms. The smallest absolute Gasteiger partial charge is 0.490 e. The number of carbonyl (C=O) groups excluding carboxylic acids is 1. The first-order chi connectivity index (χ1) is 21.4. The molecule has 2 fully saturated rings. The number of methoxy groups -OCH3 is 1. The number of alkyl halides is 3. The predicted octanol–water partition coefficient (Wildman–Crippen LogP) is 1.82. The monoisotopic (exact) mass is 634 g/mol.